The summed E-state index contributed by atoms with van der Waals surface area (Å²) in [5, 5.41) is 14.2. The molecular formula is C14H22N2O3. The second-order valence-corrected chi connectivity index (χ2v) is 4.64. The number of hydrogen-bond acceptors (Lipinski definition) is 4. The highest BCUT2D eigenvalue weighted by molar-refractivity contribution is 5.63. The van der Waals surface area contributed by atoms with Crippen LogP contribution in [0.1, 0.15) is 33.6 Å². The lowest BCUT2D eigenvalue weighted by Gasteiger charge is -2.13. The summed E-state index contributed by atoms with van der Waals surface area (Å²) in [4.78, 5) is 10.7. The molecule has 0 fully saturated rings. The molecule has 0 bridgehead atoms. The number of anilines is 1. The number of nitrogens with zero attached hydrogens (tertiary/aromatic N) is 1. The molecule has 0 spiro atoms. The number of nitrogens with one attached hydrogen (secondary N) is 1. The van der Waals surface area contributed by atoms with Crippen molar-refractivity contribution < 1.29 is 9.66 Å². The van der Waals surface area contributed by atoms with Crippen molar-refractivity contribution in [1.29, 1.82) is 0 Å². The maximum absolute atomic E-state index is 11.1. The summed E-state index contributed by atoms with van der Waals surface area (Å²) in [6.45, 7) is 7.36. The van der Waals surface area contributed by atoms with E-state index in [4.69, 9.17) is 4.74 Å². The molecule has 0 amide bonds. The average Bonchev–Trinajstić information content (AvgIpc) is 2.37. The van der Waals surface area contributed by atoms with Crippen LogP contribution in [0, 0.1) is 16.0 Å². The van der Waals surface area contributed by atoms with Crippen LogP contribution in [0.4, 0.5) is 11.4 Å². The van der Waals surface area contributed by atoms with Gasteiger partial charge in [-0.2, -0.15) is 0 Å². The fraction of sp³-hybridized carbons (Fsp3) is 0.571. The van der Waals surface area contributed by atoms with Gasteiger partial charge < -0.3 is 10.1 Å². The first-order chi connectivity index (χ1) is 9.08. The minimum Gasteiger partial charge on any atom is -0.494 e. The molecule has 1 aromatic rings. The van der Waals surface area contributed by atoms with Crippen LogP contribution in [0.5, 0.6) is 5.75 Å². The van der Waals surface area contributed by atoms with Crippen molar-refractivity contribution in [1.82, 2.24) is 0 Å². The van der Waals surface area contributed by atoms with E-state index in [1.807, 2.05) is 6.92 Å². The third-order valence-electron chi connectivity index (χ3n) is 2.90. The van der Waals surface area contributed by atoms with Gasteiger partial charge in [0.25, 0.3) is 5.69 Å². The van der Waals surface area contributed by atoms with E-state index in [1.165, 1.54) is 6.07 Å². The summed E-state index contributed by atoms with van der Waals surface area (Å²) in [6.07, 6.45) is 2.23. The molecule has 0 aliphatic rings. The zero-order chi connectivity index (χ0) is 14.3. The highest BCUT2D eigenvalue weighted by atomic mass is 16.6. The van der Waals surface area contributed by atoms with Crippen molar-refractivity contribution in [2.24, 2.45) is 5.92 Å². The van der Waals surface area contributed by atoms with Gasteiger partial charge in [-0.15, -0.1) is 0 Å². The van der Waals surface area contributed by atoms with Crippen molar-refractivity contribution in [3.8, 4) is 5.75 Å². The molecule has 1 aromatic carbocycles. The normalized spacial score (nSPS) is 11.9. The van der Waals surface area contributed by atoms with Crippen molar-refractivity contribution >= 4 is 11.4 Å². The quantitative estimate of drug-likeness (QED) is 0.573. The number of ether oxygens (including phenoxy) is 1. The van der Waals surface area contributed by atoms with E-state index >= 15 is 0 Å². The summed E-state index contributed by atoms with van der Waals surface area (Å²) < 4.78 is 5.28. The summed E-state index contributed by atoms with van der Waals surface area (Å²) >= 11 is 0. The first kappa shape index (κ1) is 15.3. The Balaban J connectivity index is 2.79. The second-order valence-electron chi connectivity index (χ2n) is 4.64. The summed E-state index contributed by atoms with van der Waals surface area (Å²) in [5.74, 6) is 1.03. The molecule has 0 saturated heterocycles. The van der Waals surface area contributed by atoms with Gasteiger partial charge in [-0.3, -0.25) is 10.1 Å². The number of rotatable bonds is 8. The van der Waals surface area contributed by atoms with Gasteiger partial charge in [0.15, 0.2) is 0 Å². The molecular weight excluding hydrogens is 244 g/mol. The summed E-state index contributed by atoms with van der Waals surface area (Å²) in [6, 6.07) is 4.93. The van der Waals surface area contributed by atoms with Gasteiger partial charge in [0, 0.05) is 6.54 Å². The highest BCUT2D eigenvalue weighted by Crippen LogP contribution is 2.29. The zero-order valence-electron chi connectivity index (χ0n) is 11.8. The number of nitro benzene ring substituents is 1. The van der Waals surface area contributed by atoms with E-state index in [9.17, 15) is 10.1 Å². The molecule has 0 heterocycles. The predicted octanol–water partition coefficient (Wildman–Crippen LogP) is 3.84. The Labute approximate surface area is 114 Å². The van der Waals surface area contributed by atoms with Crippen LogP contribution in [0.15, 0.2) is 18.2 Å². The molecule has 1 unspecified atom stereocenters. The van der Waals surface area contributed by atoms with Crippen LogP contribution >= 0.6 is 0 Å². The lowest BCUT2D eigenvalue weighted by atomic mass is 10.1. The van der Waals surface area contributed by atoms with Gasteiger partial charge in [0.1, 0.15) is 11.4 Å². The standard InChI is InChI=1S/C14H22N2O3/c1-4-6-11(3)10-15-13-8-7-12(19-5-2)9-14(13)16(17)18/h7-9,11,15H,4-6,10H2,1-3H3. The van der Waals surface area contributed by atoms with Crippen LogP contribution in [0.2, 0.25) is 0 Å². The average molecular weight is 266 g/mol. The minimum atomic E-state index is -0.380. The Morgan fingerprint density at radius 1 is 1.42 bits per heavy atom. The Morgan fingerprint density at radius 3 is 2.74 bits per heavy atom. The van der Waals surface area contributed by atoms with Gasteiger partial charge in [-0.05, 0) is 31.4 Å². The largest absolute Gasteiger partial charge is 0.494 e. The summed E-state index contributed by atoms with van der Waals surface area (Å²) in [7, 11) is 0. The van der Waals surface area contributed by atoms with Gasteiger partial charge in [-0.1, -0.05) is 20.3 Å². The molecule has 0 radical (unpaired) electrons. The summed E-state index contributed by atoms with van der Waals surface area (Å²) in [5.41, 5.74) is 0.617. The van der Waals surface area contributed by atoms with Crippen molar-refractivity contribution in [3.05, 3.63) is 28.3 Å². The minimum absolute atomic E-state index is 0.0645. The Morgan fingerprint density at radius 2 is 2.16 bits per heavy atom. The van der Waals surface area contributed by atoms with Crippen LogP contribution < -0.4 is 10.1 Å². The number of nitro groups is 1. The van der Waals surface area contributed by atoms with Crippen LogP contribution in [0.25, 0.3) is 0 Å². The van der Waals surface area contributed by atoms with E-state index in [2.05, 4.69) is 19.2 Å². The van der Waals surface area contributed by atoms with E-state index in [1.54, 1.807) is 12.1 Å². The van der Waals surface area contributed by atoms with Gasteiger partial charge in [0.2, 0.25) is 0 Å². The molecule has 1 N–H and O–H groups in total. The Kier molecular flexibility index (Phi) is 6.12. The molecule has 5 nitrogen and oxygen atoms in total. The van der Waals surface area contributed by atoms with Crippen molar-refractivity contribution in [2.45, 2.75) is 33.6 Å². The van der Waals surface area contributed by atoms with Gasteiger partial charge in [0.05, 0.1) is 17.6 Å². The Bertz CT molecular complexity index is 421. The molecule has 0 aliphatic carbocycles. The van der Waals surface area contributed by atoms with Crippen LogP contribution in [-0.4, -0.2) is 18.1 Å². The molecule has 5 heteroatoms. The topological polar surface area (TPSA) is 64.4 Å². The molecule has 106 valence electrons. The molecule has 19 heavy (non-hydrogen) atoms. The smallest absolute Gasteiger partial charge is 0.296 e. The lowest BCUT2D eigenvalue weighted by molar-refractivity contribution is -0.384. The third-order valence-corrected chi connectivity index (χ3v) is 2.90. The number of hydrogen-bond donors (Lipinski definition) is 1. The first-order valence-electron chi connectivity index (χ1n) is 6.73. The molecule has 0 aliphatic heterocycles. The molecule has 0 aromatic heterocycles. The molecule has 1 rings (SSSR count). The zero-order valence-corrected chi connectivity index (χ0v) is 11.8. The maximum Gasteiger partial charge on any atom is 0.296 e. The van der Waals surface area contributed by atoms with Crippen molar-refractivity contribution in [3.63, 3.8) is 0 Å². The monoisotopic (exact) mass is 266 g/mol. The third kappa shape index (κ3) is 4.77. The van der Waals surface area contributed by atoms with Crippen LogP contribution in [0.3, 0.4) is 0 Å². The number of benzene rings is 1. The fourth-order valence-corrected chi connectivity index (χ4v) is 1.95. The fourth-order valence-electron chi connectivity index (χ4n) is 1.95. The van der Waals surface area contributed by atoms with E-state index < -0.39 is 0 Å². The van der Waals surface area contributed by atoms with Crippen molar-refractivity contribution in [2.75, 3.05) is 18.5 Å². The van der Waals surface area contributed by atoms with E-state index in [0.29, 0.717) is 24.0 Å². The second kappa shape index (κ2) is 7.61. The van der Waals surface area contributed by atoms with E-state index in [0.717, 1.165) is 19.4 Å². The van der Waals surface area contributed by atoms with E-state index in [-0.39, 0.29) is 10.6 Å². The van der Waals surface area contributed by atoms with Gasteiger partial charge in [-0.25, -0.2) is 0 Å². The molecule has 0 saturated carbocycles. The van der Waals surface area contributed by atoms with Crippen LogP contribution in [-0.2, 0) is 0 Å². The SMILES string of the molecule is CCCC(C)CNc1ccc(OCC)cc1[N+](=O)[O-]. The molecule has 1 atom stereocenters. The predicted molar refractivity (Wildman–Crippen MR) is 76.8 cm³/mol. The first-order valence-corrected chi connectivity index (χ1v) is 6.73. The maximum atomic E-state index is 11.1. The highest BCUT2D eigenvalue weighted by Gasteiger charge is 2.15. The Hall–Kier alpha value is -1.78. The van der Waals surface area contributed by atoms with Gasteiger partial charge >= 0.3 is 0 Å². The lowest BCUT2D eigenvalue weighted by Crippen LogP contribution is -2.12.